The molecule has 0 amide bonds. The average Bonchev–Trinajstić information content (AvgIpc) is 2.90. The molecule has 68 valence electrons. The third-order valence-corrected chi connectivity index (χ3v) is 2.69. The number of carbonyl (C=O) groups excluding carboxylic acids is 1. The molecule has 1 heterocycles. The first-order chi connectivity index (χ1) is 5.65. The number of ether oxygens (including phenoxy) is 2. The van der Waals surface area contributed by atoms with Crippen LogP contribution in [0.3, 0.4) is 0 Å². The van der Waals surface area contributed by atoms with Crippen molar-refractivity contribution in [2.24, 2.45) is 5.92 Å². The smallest absolute Gasteiger partial charge is 0.338 e. The third kappa shape index (κ3) is 1.33. The number of rotatable bonds is 3. The quantitative estimate of drug-likeness (QED) is 0.470. The molecule has 1 aliphatic carbocycles. The van der Waals surface area contributed by atoms with E-state index in [4.69, 9.17) is 4.74 Å². The Morgan fingerprint density at radius 1 is 1.67 bits per heavy atom. The van der Waals surface area contributed by atoms with Crippen molar-refractivity contribution in [2.75, 3.05) is 7.11 Å². The van der Waals surface area contributed by atoms with Crippen LogP contribution in [0.1, 0.15) is 26.2 Å². The van der Waals surface area contributed by atoms with Gasteiger partial charge in [0.05, 0.1) is 7.11 Å². The molecule has 2 unspecified atom stereocenters. The largest absolute Gasteiger partial charge is 0.467 e. The summed E-state index contributed by atoms with van der Waals surface area (Å²) >= 11 is 0. The minimum atomic E-state index is -0.289. The molecule has 2 aliphatic rings. The van der Waals surface area contributed by atoms with Crippen LogP contribution in [0.15, 0.2) is 0 Å². The molecule has 3 heteroatoms. The Bertz CT molecular complexity index is 210. The predicted molar refractivity (Wildman–Crippen MR) is 42.6 cm³/mol. The summed E-state index contributed by atoms with van der Waals surface area (Å²) in [5.74, 6) is 0.572. The summed E-state index contributed by atoms with van der Waals surface area (Å²) in [6.45, 7) is 1.99. The van der Waals surface area contributed by atoms with E-state index in [1.165, 1.54) is 20.0 Å². The van der Waals surface area contributed by atoms with Crippen LogP contribution in [0.2, 0.25) is 0 Å². The lowest BCUT2D eigenvalue weighted by molar-refractivity contribution is -0.142. The first-order valence-corrected chi connectivity index (χ1v) is 4.41. The van der Waals surface area contributed by atoms with Crippen molar-refractivity contribution in [3.63, 3.8) is 0 Å². The zero-order valence-corrected chi connectivity index (χ0v) is 7.50. The zero-order valence-electron chi connectivity index (χ0n) is 7.50. The molecule has 0 radical (unpaired) electrons. The molecular formula is C9H14O3. The van der Waals surface area contributed by atoms with Gasteiger partial charge in [-0.3, -0.25) is 0 Å². The lowest BCUT2D eigenvalue weighted by Gasteiger charge is -2.02. The standard InChI is InChI=1S/C9H14O3/c1-9(5-6-3-4-6)7(12-9)8(10)11-2/h6-7H,3-5H2,1-2H3. The van der Waals surface area contributed by atoms with Gasteiger partial charge >= 0.3 is 5.97 Å². The van der Waals surface area contributed by atoms with Crippen LogP contribution in [0.5, 0.6) is 0 Å². The van der Waals surface area contributed by atoms with Gasteiger partial charge < -0.3 is 9.47 Å². The third-order valence-electron chi connectivity index (χ3n) is 2.69. The Morgan fingerprint density at radius 3 is 2.83 bits per heavy atom. The highest BCUT2D eigenvalue weighted by Gasteiger charge is 2.59. The normalized spacial score (nSPS) is 39.3. The van der Waals surface area contributed by atoms with Gasteiger partial charge in [0.15, 0.2) is 6.10 Å². The van der Waals surface area contributed by atoms with Crippen molar-refractivity contribution in [2.45, 2.75) is 37.9 Å². The molecule has 1 aliphatic heterocycles. The summed E-state index contributed by atoms with van der Waals surface area (Å²) < 4.78 is 9.94. The maximum Gasteiger partial charge on any atom is 0.338 e. The van der Waals surface area contributed by atoms with Crippen LogP contribution >= 0.6 is 0 Å². The molecule has 0 bridgehead atoms. The van der Waals surface area contributed by atoms with Gasteiger partial charge in [-0.15, -0.1) is 0 Å². The molecule has 2 atom stereocenters. The maximum atomic E-state index is 11.0. The van der Waals surface area contributed by atoms with Gasteiger partial charge in [-0.2, -0.15) is 0 Å². The van der Waals surface area contributed by atoms with Crippen molar-refractivity contribution >= 4 is 5.97 Å². The molecule has 0 aromatic heterocycles. The van der Waals surface area contributed by atoms with Crippen LogP contribution in [-0.4, -0.2) is 24.8 Å². The highest BCUT2D eigenvalue weighted by molar-refractivity contribution is 5.79. The molecule has 12 heavy (non-hydrogen) atoms. The summed E-state index contributed by atoms with van der Waals surface area (Å²) in [6, 6.07) is 0. The summed E-state index contributed by atoms with van der Waals surface area (Å²) in [7, 11) is 1.40. The van der Waals surface area contributed by atoms with Gasteiger partial charge in [0.1, 0.15) is 5.60 Å². The Kier molecular flexibility index (Phi) is 1.65. The Balaban J connectivity index is 1.86. The summed E-state index contributed by atoms with van der Waals surface area (Å²) in [4.78, 5) is 11.0. The van der Waals surface area contributed by atoms with E-state index in [2.05, 4.69) is 4.74 Å². The summed E-state index contributed by atoms with van der Waals surface area (Å²) in [5.41, 5.74) is -0.200. The lowest BCUT2D eigenvalue weighted by atomic mass is 10.0. The van der Waals surface area contributed by atoms with Gasteiger partial charge in [-0.25, -0.2) is 4.79 Å². The fourth-order valence-electron chi connectivity index (χ4n) is 1.69. The Labute approximate surface area is 72.0 Å². The number of hydrogen-bond acceptors (Lipinski definition) is 3. The maximum absolute atomic E-state index is 11.0. The minimum Gasteiger partial charge on any atom is -0.467 e. The van der Waals surface area contributed by atoms with E-state index in [0.717, 1.165) is 12.3 Å². The first kappa shape index (κ1) is 8.05. The van der Waals surface area contributed by atoms with Crippen molar-refractivity contribution in [1.29, 1.82) is 0 Å². The van der Waals surface area contributed by atoms with E-state index >= 15 is 0 Å². The van der Waals surface area contributed by atoms with Gasteiger partial charge in [-0.05, 0) is 19.3 Å². The monoisotopic (exact) mass is 170 g/mol. The lowest BCUT2D eigenvalue weighted by Crippen LogP contribution is -2.19. The van der Waals surface area contributed by atoms with Crippen molar-refractivity contribution < 1.29 is 14.3 Å². The number of esters is 1. The molecule has 1 saturated carbocycles. The SMILES string of the molecule is COC(=O)C1OC1(C)CC1CC1. The zero-order chi connectivity index (χ0) is 8.77. The van der Waals surface area contributed by atoms with E-state index in [1.807, 2.05) is 6.92 Å². The Morgan fingerprint density at radius 2 is 2.33 bits per heavy atom. The minimum absolute atomic E-state index is 0.200. The predicted octanol–water partition coefficient (Wildman–Crippen LogP) is 1.12. The second kappa shape index (κ2) is 2.46. The average molecular weight is 170 g/mol. The van der Waals surface area contributed by atoms with Gasteiger partial charge in [-0.1, -0.05) is 12.8 Å². The molecule has 0 spiro atoms. The number of methoxy groups -OCH3 is 1. The molecule has 3 nitrogen and oxygen atoms in total. The fraction of sp³-hybridized carbons (Fsp3) is 0.889. The van der Waals surface area contributed by atoms with Crippen LogP contribution in [0.4, 0.5) is 0 Å². The fourth-order valence-corrected chi connectivity index (χ4v) is 1.69. The van der Waals surface area contributed by atoms with Crippen LogP contribution in [0.25, 0.3) is 0 Å². The molecular weight excluding hydrogens is 156 g/mol. The van der Waals surface area contributed by atoms with Crippen molar-refractivity contribution in [3.8, 4) is 0 Å². The van der Waals surface area contributed by atoms with Crippen molar-refractivity contribution in [1.82, 2.24) is 0 Å². The second-order valence-corrected chi connectivity index (χ2v) is 3.98. The van der Waals surface area contributed by atoms with Crippen molar-refractivity contribution in [3.05, 3.63) is 0 Å². The van der Waals surface area contributed by atoms with E-state index < -0.39 is 0 Å². The van der Waals surface area contributed by atoms with E-state index in [1.54, 1.807) is 0 Å². The second-order valence-electron chi connectivity index (χ2n) is 3.98. The van der Waals surface area contributed by atoms with Crippen LogP contribution in [-0.2, 0) is 14.3 Å². The number of epoxide rings is 1. The summed E-state index contributed by atoms with van der Waals surface area (Å²) in [6.07, 6.45) is 3.33. The Hall–Kier alpha value is -0.570. The van der Waals surface area contributed by atoms with E-state index in [9.17, 15) is 4.79 Å². The highest BCUT2D eigenvalue weighted by atomic mass is 16.6. The molecule has 2 fully saturated rings. The number of hydrogen-bond donors (Lipinski definition) is 0. The topological polar surface area (TPSA) is 38.8 Å². The molecule has 0 aromatic carbocycles. The highest BCUT2D eigenvalue weighted by Crippen LogP contribution is 2.48. The first-order valence-electron chi connectivity index (χ1n) is 4.41. The molecule has 0 aromatic rings. The molecule has 1 saturated heterocycles. The summed E-state index contributed by atoms with van der Waals surface area (Å²) in [5, 5.41) is 0. The van der Waals surface area contributed by atoms with Gasteiger partial charge in [0.25, 0.3) is 0 Å². The van der Waals surface area contributed by atoms with E-state index in [0.29, 0.717) is 0 Å². The number of carbonyl (C=O) groups is 1. The van der Waals surface area contributed by atoms with Gasteiger partial charge in [0.2, 0.25) is 0 Å². The van der Waals surface area contributed by atoms with Crippen LogP contribution < -0.4 is 0 Å². The molecule has 0 N–H and O–H groups in total. The van der Waals surface area contributed by atoms with Crippen LogP contribution in [0, 0.1) is 5.92 Å². The van der Waals surface area contributed by atoms with Gasteiger partial charge in [0, 0.05) is 0 Å². The molecule has 2 rings (SSSR count). The van der Waals surface area contributed by atoms with E-state index in [-0.39, 0.29) is 17.7 Å².